The van der Waals surface area contributed by atoms with Gasteiger partial charge in [0.25, 0.3) is 0 Å². The van der Waals surface area contributed by atoms with Gasteiger partial charge in [0, 0.05) is 18.4 Å². The lowest BCUT2D eigenvalue weighted by atomic mass is 10.0. The first-order valence-corrected chi connectivity index (χ1v) is 18.3. The van der Waals surface area contributed by atoms with Crippen LogP contribution in [0.3, 0.4) is 0 Å². The van der Waals surface area contributed by atoms with Crippen LogP contribution in [0.1, 0.15) is 76.4 Å². The van der Waals surface area contributed by atoms with Crippen LogP contribution in [-0.4, -0.2) is 87.4 Å². The number of aryl methyl sites for hydroxylation is 1. The fraction of sp³-hybridized carbons (Fsp3) is 0.571. The number of hydrogen-bond acceptors (Lipinski definition) is 12. The fourth-order valence-corrected chi connectivity index (χ4v) is 8.07. The van der Waals surface area contributed by atoms with Crippen molar-refractivity contribution in [2.45, 2.75) is 107 Å². The number of ether oxygens (including phenoxy) is 3. The molecule has 2 saturated carbocycles. The largest absolute Gasteiger partial charge is 0.471 e. The number of allylic oxidation sites excluding steroid dienone is 1. The van der Waals surface area contributed by atoms with Crippen LogP contribution in [0.2, 0.25) is 0 Å². The molecule has 266 valence electrons. The van der Waals surface area contributed by atoms with Gasteiger partial charge < -0.3 is 34.3 Å². The molecule has 3 aromatic heterocycles. The molecule has 5 atom stereocenters. The minimum absolute atomic E-state index is 0.0522. The third-order valence-electron chi connectivity index (χ3n) is 10.1. The molecule has 1 saturated heterocycles. The fourth-order valence-electron chi connectivity index (χ4n) is 7.31. The van der Waals surface area contributed by atoms with Crippen molar-refractivity contribution >= 4 is 45.4 Å². The maximum absolute atomic E-state index is 14.4. The van der Waals surface area contributed by atoms with Gasteiger partial charge in [0.1, 0.15) is 40.3 Å². The molecule has 50 heavy (non-hydrogen) atoms. The highest BCUT2D eigenvalue weighted by atomic mass is 32.1. The van der Waals surface area contributed by atoms with Crippen molar-refractivity contribution in [3.63, 3.8) is 0 Å². The van der Waals surface area contributed by atoms with Crippen molar-refractivity contribution in [2.75, 3.05) is 13.7 Å². The van der Waals surface area contributed by atoms with E-state index < -0.39 is 47.6 Å². The molecule has 7 rings (SSSR count). The predicted molar refractivity (Wildman–Crippen MR) is 181 cm³/mol. The third kappa shape index (κ3) is 7.05. The maximum Gasteiger partial charge on any atom is 0.408 e. The lowest BCUT2D eigenvalue weighted by Crippen LogP contribution is -2.56. The predicted octanol–water partition coefficient (Wildman–Crippen LogP) is 4.61. The molecule has 5 heterocycles. The lowest BCUT2D eigenvalue weighted by Gasteiger charge is -2.29. The van der Waals surface area contributed by atoms with Gasteiger partial charge in [0.05, 0.1) is 19.2 Å². The van der Waals surface area contributed by atoms with Gasteiger partial charge in [-0.25, -0.2) is 14.6 Å². The van der Waals surface area contributed by atoms with Gasteiger partial charge in [-0.3, -0.25) is 9.59 Å². The summed E-state index contributed by atoms with van der Waals surface area (Å²) < 4.78 is 23.2. The molecule has 0 unspecified atom stereocenters. The van der Waals surface area contributed by atoms with Crippen LogP contribution in [0.4, 0.5) is 4.79 Å². The van der Waals surface area contributed by atoms with Crippen LogP contribution in [-0.2, 0) is 23.9 Å². The molecule has 2 N–H and O–H groups in total. The third-order valence-corrected chi connectivity index (χ3v) is 11.0. The van der Waals surface area contributed by atoms with Gasteiger partial charge in [0.2, 0.25) is 17.7 Å². The summed E-state index contributed by atoms with van der Waals surface area (Å²) in [5.41, 5.74) is -0.0943. The summed E-state index contributed by atoms with van der Waals surface area (Å²) >= 11 is 1.41. The number of alkyl carbamates (subject to hydrolysis) is 1. The molecule has 0 spiro atoms. The molecule has 3 amide bonds. The van der Waals surface area contributed by atoms with Gasteiger partial charge in [0.15, 0.2) is 11.5 Å². The topological polar surface area (TPSA) is 175 Å². The SMILES string of the molecule is COC(=O)[C@@]12C[C@@H]1/C=C\CCCCC[C@H](NC(=O)OC1CCCC1)C(=O)N1C[C@H](Oc3nc(-c4cc(C)on4)nc4ccsc34)C[C@H]1C(=O)N2. The Hall–Kier alpha value is -4.53. The van der Waals surface area contributed by atoms with Crippen LogP contribution in [0.5, 0.6) is 5.88 Å². The molecule has 2 aliphatic heterocycles. The summed E-state index contributed by atoms with van der Waals surface area (Å²) in [4.78, 5) is 65.4. The number of esters is 1. The Kier molecular flexibility index (Phi) is 9.76. The van der Waals surface area contributed by atoms with Crippen molar-refractivity contribution in [3.8, 4) is 17.4 Å². The summed E-state index contributed by atoms with van der Waals surface area (Å²) in [6.07, 6.45) is 10.3. The van der Waals surface area contributed by atoms with Crippen LogP contribution >= 0.6 is 11.3 Å². The second-order valence-corrected chi connectivity index (χ2v) is 14.5. The monoisotopic (exact) mass is 706 g/mol. The van der Waals surface area contributed by atoms with E-state index in [-0.39, 0.29) is 25.0 Å². The lowest BCUT2D eigenvalue weighted by molar-refractivity contribution is -0.148. The number of nitrogens with zero attached hydrogens (tertiary/aromatic N) is 4. The Bertz CT molecular complexity index is 1780. The average molecular weight is 707 g/mol. The first kappa shape index (κ1) is 33.9. The number of carbonyl (C=O) groups is 4. The second-order valence-electron chi connectivity index (χ2n) is 13.6. The molecule has 15 heteroatoms. The highest BCUT2D eigenvalue weighted by molar-refractivity contribution is 7.17. The number of hydrogen-bond donors (Lipinski definition) is 2. The summed E-state index contributed by atoms with van der Waals surface area (Å²) in [5.74, 6) is -0.413. The zero-order chi connectivity index (χ0) is 34.8. The van der Waals surface area contributed by atoms with Crippen molar-refractivity contribution < 1.29 is 37.9 Å². The minimum Gasteiger partial charge on any atom is -0.471 e. The van der Waals surface area contributed by atoms with Crippen LogP contribution in [0, 0.1) is 12.8 Å². The van der Waals surface area contributed by atoms with Gasteiger partial charge in [-0.1, -0.05) is 30.2 Å². The molecule has 0 radical (unpaired) electrons. The van der Waals surface area contributed by atoms with Crippen LogP contribution in [0.25, 0.3) is 21.7 Å². The van der Waals surface area contributed by atoms with E-state index in [1.165, 1.54) is 23.3 Å². The Balaban J connectivity index is 1.18. The zero-order valence-electron chi connectivity index (χ0n) is 28.2. The van der Waals surface area contributed by atoms with Gasteiger partial charge in [-0.15, -0.1) is 11.3 Å². The standard InChI is InChI=1S/C35H42N6O8S/c1-20-16-26(40-49-20)29-36-24-14-15-50-28(24)31(38-29)47-23-17-27-30(42)39-35(33(44)46-2)18-21(35)10-6-4-3-5-7-13-25(32(43)41(27)19-23)37-34(45)48-22-11-8-9-12-22/h6,10,14-16,21-23,25,27H,3-5,7-9,11-13,17-19H2,1-2H3,(H,37,45)(H,39,42)/b10-6-/t21-,23+,25-,27-,35+/m0/s1. The first-order valence-electron chi connectivity index (χ1n) is 17.4. The highest BCUT2D eigenvalue weighted by Gasteiger charge is 2.62. The van der Waals surface area contributed by atoms with E-state index in [0.717, 1.165) is 44.9 Å². The van der Waals surface area contributed by atoms with E-state index in [2.05, 4.69) is 25.8 Å². The number of rotatable bonds is 6. The smallest absolute Gasteiger partial charge is 0.408 e. The van der Waals surface area contributed by atoms with E-state index in [0.29, 0.717) is 52.6 Å². The molecule has 3 fully saturated rings. The molecular weight excluding hydrogens is 664 g/mol. The second kappa shape index (κ2) is 14.4. The molecule has 0 bridgehead atoms. The number of aromatic nitrogens is 3. The van der Waals surface area contributed by atoms with E-state index in [1.807, 2.05) is 23.6 Å². The Labute approximate surface area is 293 Å². The minimum atomic E-state index is -1.21. The first-order chi connectivity index (χ1) is 24.2. The Morgan fingerprint density at radius 2 is 1.92 bits per heavy atom. The highest BCUT2D eigenvalue weighted by Crippen LogP contribution is 2.46. The molecule has 0 aromatic carbocycles. The van der Waals surface area contributed by atoms with Crippen molar-refractivity contribution in [1.82, 2.24) is 30.7 Å². The van der Waals surface area contributed by atoms with Crippen molar-refractivity contribution in [3.05, 3.63) is 35.4 Å². The number of methoxy groups -OCH3 is 1. The van der Waals surface area contributed by atoms with Crippen LogP contribution < -0.4 is 15.4 Å². The summed E-state index contributed by atoms with van der Waals surface area (Å²) in [7, 11) is 1.30. The normalized spacial score (nSPS) is 28.2. The zero-order valence-corrected chi connectivity index (χ0v) is 29.0. The summed E-state index contributed by atoms with van der Waals surface area (Å²) in [6, 6.07) is 1.69. The molecule has 14 nitrogen and oxygen atoms in total. The van der Waals surface area contributed by atoms with Gasteiger partial charge >= 0.3 is 12.1 Å². The molecule has 3 aromatic rings. The maximum atomic E-state index is 14.4. The average Bonchev–Trinajstić information content (AvgIpc) is 3.72. The van der Waals surface area contributed by atoms with E-state index in [9.17, 15) is 19.2 Å². The molecule has 4 aliphatic rings. The number of thiophene rings is 1. The van der Waals surface area contributed by atoms with Gasteiger partial charge in [-0.05, 0) is 69.7 Å². The molecule has 2 aliphatic carbocycles. The number of amides is 3. The quantitative estimate of drug-likeness (QED) is 0.271. The van der Waals surface area contributed by atoms with Crippen molar-refractivity contribution in [1.29, 1.82) is 0 Å². The Morgan fingerprint density at radius 3 is 2.70 bits per heavy atom. The van der Waals surface area contributed by atoms with E-state index >= 15 is 0 Å². The summed E-state index contributed by atoms with van der Waals surface area (Å²) in [5, 5.41) is 11.7. The van der Waals surface area contributed by atoms with E-state index in [1.54, 1.807) is 13.0 Å². The Morgan fingerprint density at radius 1 is 1.10 bits per heavy atom. The molecular formula is C35H42N6O8S. The summed E-state index contributed by atoms with van der Waals surface area (Å²) in [6.45, 7) is 1.83. The number of fused-ring (bicyclic) bond motifs is 3. The number of carbonyl (C=O) groups excluding carboxylic acids is 4. The van der Waals surface area contributed by atoms with Crippen molar-refractivity contribution in [2.24, 2.45) is 5.92 Å². The van der Waals surface area contributed by atoms with E-state index in [4.69, 9.17) is 18.7 Å². The van der Waals surface area contributed by atoms with Crippen LogP contribution in [0.15, 0.2) is 34.2 Å². The number of nitrogens with one attached hydrogen (secondary N) is 2. The van der Waals surface area contributed by atoms with Gasteiger partial charge in [-0.2, -0.15) is 4.98 Å².